The van der Waals surface area contributed by atoms with E-state index in [0.717, 1.165) is 11.6 Å². The zero-order valence-electron chi connectivity index (χ0n) is 20.2. The number of halogens is 4. The Morgan fingerprint density at radius 2 is 1.86 bits per heavy atom. The summed E-state index contributed by atoms with van der Waals surface area (Å²) in [7, 11) is 5.57. The number of benzene rings is 2. The molecule has 0 saturated carbocycles. The summed E-state index contributed by atoms with van der Waals surface area (Å²) in [6.45, 7) is 1.18. The Morgan fingerprint density at radius 3 is 2.59 bits per heavy atom. The van der Waals surface area contributed by atoms with E-state index in [2.05, 4.69) is 20.6 Å². The van der Waals surface area contributed by atoms with Crippen molar-refractivity contribution in [3.05, 3.63) is 71.0 Å². The number of fused-ring (bicyclic) bond motifs is 1. The van der Waals surface area contributed by atoms with E-state index in [9.17, 15) is 18.0 Å². The van der Waals surface area contributed by atoms with Gasteiger partial charge in [0.1, 0.15) is 17.2 Å². The van der Waals surface area contributed by atoms with Gasteiger partial charge >= 0.3 is 6.18 Å². The number of pyridine rings is 1. The first-order chi connectivity index (χ1) is 17.5. The molecule has 2 N–H and O–H groups in total. The van der Waals surface area contributed by atoms with E-state index in [-0.39, 0.29) is 22.3 Å². The highest BCUT2D eigenvalue weighted by atomic mass is 35.5. The van der Waals surface area contributed by atoms with Crippen molar-refractivity contribution in [3.8, 4) is 11.5 Å². The molecule has 0 aliphatic rings. The molecule has 0 aliphatic heterocycles. The summed E-state index contributed by atoms with van der Waals surface area (Å²) in [5.41, 5.74) is 0.776. The summed E-state index contributed by atoms with van der Waals surface area (Å²) in [6.07, 6.45) is -3.09. The first kappa shape index (κ1) is 26.2. The van der Waals surface area contributed by atoms with Crippen LogP contribution in [-0.4, -0.2) is 52.5 Å². The second-order valence-corrected chi connectivity index (χ2v) is 8.91. The van der Waals surface area contributed by atoms with E-state index < -0.39 is 11.7 Å². The number of amides is 1. The van der Waals surface area contributed by atoms with Crippen LogP contribution in [0.2, 0.25) is 5.02 Å². The van der Waals surface area contributed by atoms with Gasteiger partial charge in [-0.2, -0.15) is 13.2 Å². The Labute approximate surface area is 216 Å². The predicted molar refractivity (Wildman–Crippen MR) is 136 cm³/mol. The number of nitrogens with zero attached hydrogens (tertiary/aromatic N) is 4. The molecule has 8 nitrogen and oxygen atoms in total. The molecule has 2 aromatic carbocycles. The maximum Gasteiger partial charge on any atom is 0.417 e. The van der Waals surface area contributed by atoms with Crippen LogP contribution in [0.3, 0.4) is 0 Å². The molecule has 0 bridgehead atoms. The number of likely N-dealkylation sites (N-methyl/N-ethyl adjacent to an activating group) is 1. The number of imidazole rings is 1. The Kier molecular flexibility index (Phi) is 7.55. The number of nitrogens with one attached hydrogen (secondary N) is 2. The highest BCUT2D eigenvalue weighted by Crippen LogP contribution is 2.37. The van der Waals surface area contributed by atoms with Gasteiger partial charge in [0, 0.05) is 44.2 Å². The zero-order valence-corrected chi connectivity index (χ0v) is 21.0. The van der Waals surface area contributed by atoms with E-state index in [1.165, 1.54) is 18.3 Å². The summed E-state index contributed by atoms with van der Waals surface area (Å²) >= 11 is 5.71. The minimum absolute atomic E-state index is 0.194. The van der Waals surface area contributed by atoms with Gasteiger partial charge in [-0.3, -0.25) is 9.78 Å². The van der Waals surface area contributed by atoms with Crippen LogP contribution in [0.1, 0.15) is 16.1 Å². The molecule has 2 aromatic heterocycles. The van der Waals surface area contributed by atoms with Gasteiger partial charge in [0.05, 0.1) is 21.6 Å². The van der Waals surface area contributed by atoms with Crippen LogP contribution in [0.4, 0.5) is 24.8 Å². The number of carbonyl (C=O) groups excluding carboxylic acids is 1. The molecule has 37 heavy (non-hydrogen) atoms. The van der Waals surface area contributed by atoms with Crippen LogP contribution in [-0.2, 0) is 13.2 Å². The molecule has 0 fully saturated rings. The molecule has 0 atom stereocenters. The molecule has 194 valence electrons. The summed E-state index contributed by atoms with van der Waals surface area (Å²) in [5.74, 6) is 0.915. The van der Waals surface area contributed by atoms with Crippen LogP contribution < -0.4 is 15.4 Å². The van der Waals surface area contributed by atoms with Crippen LogP contribution >= 0.6 is 11.6 Å². The Morgan fingerprint density at radius 1 is 1.11 bits per heavy atom. The molecule has 0 spiro atoms. The smallest absolute Gasteiger partial charge is 0.417 e. The van der Waals surface area contributed by atoms with Crippen molar-refractivity contribution in [2.75, 3.05) is 32.5 Å². The van der Waals surface area contributed by atoms with Crippen LogP contribution in [0.15, 0.2) is 54.7 Å². The summed E-state index contributed by atoms with van der Waals surface area (Å²) < 4.78 is 47.3. The number of anilines is 2. The number of alkyl halides is 3. The minimum Gasteiger partial charge on any atom is -0.457 e. The molecule has 4 aromatic rings. The van der Waals surface area contributed by atoms with Crippen LogP contribution in [0.25, 0.3) is 11.0 Å². The average Bonchev–Trinajstić information content (AvgIpc) is 3.13. The standard InChI is InChI=1S/C25H24ClF3N6O2/c1-34(2)11-10-31-23(36)21-14-17(8-9-30-21)37-16-5-7-22-20(13-16)33-24(35(22)3)32-15-4-6-19(26)18(12-15)25(27,28)29/h4-9,12-14H,10-11H2,1-3H3,(H,31,36)(H,32,33). The molecule has 1 amide bonds. The first-order valence-electron chi connectivity index (χ1n) is 11.2. The lowest BCUT2D eigenvalue weighted by molar-refractivity contribution is -0.137. The molecule has 0 aliphatic carbocycles. The summed E-state index contributed by atoms with van der Waals surface area (Å²) in [4.78, 5) is 22.9. The van der Waals surface area contributed by atoms with Gasteiger partial charge in [-0.25, -0.2) is 4.98 Å². The second kappa shape index (κ2) is 10.7. The van der Waals surface area contributed by atoms with E-state index in [0.29, 0.717) is 36.1 Å². The van der Waals surface area contributed by atoms with Crippen molar-refractivity contribution in [1.29, 1.82) is 0 Å². The lowest BCUT2D eigenvalue weighted by atomic mass is 10.2. The van der Waals surface area contributed by atoms with Crippen molar-refractivity contribution in [2.45, 2.75) is 6.18 Å². The Hall–Kier alpha value is -3.83. The minimum atomic E-state index is -4.58. The first-order valence-corrected chi connectivity index (χ1v) is 11.6. The predicted octanol–water partition coefficient (Wildman–Crippen LogP) is 5.47. The molecule has 0 radical (unpaired) electrons. The number of carbonyl (C=O) groups is 1. The fraction of sp³-hybridized carbons (Fsp3) is 0.240. The van der Waals surface area contributed by atoms with Crippen molar-refractivity contribution < 1.29 is 22.7 Å². The SMILES string of the molecule is CN(C)CCNC(=O)c1cc(Oc2ccc3c(c2)nc(Nc2ccc(Cl)c(C(F)(F)F)c2)n3C)ccn1. The third-order valence-corrected chi connectivity index (χ3v) is 5.75. The maximum atomic E-state index is 13.2. The van der Waals surface area contributed by atoms with Gasteiger partial charge in [0.2, 0.25) is 5.95 Å². The third-order valence-electron chi connectivity index (χ3n) is 5.42. The van der Waals surface area contributed by atoms with Gasteiger partial charge in [0.15, 0.2) is 0 Å². The van der Waals surface area contributed by atoms with Crippen molar-refractivity contribution in [2.24, 2.45) is 7.05 Å². The second-order valence-electron chi connectivity index (χ2n) is 8.50. The molecule has 4 rings (SSSR count). The highest BCUT2D eigenvalue weighted by molar-refractivity contribution is 6.31. The molecular weight excluding hydrogens is 509 g/mol. The maximum absolute atomic E-state index is 13.2. The van der Waals surface area contributed by atoms with Crippen molar-refractivity contribution >= 4 is 40.2 Å². The number of hydrogen-bond acceptors (Lipinski definition) is 6. The lowest BCUT2D eigenvalue weighted by Crippen LogP contribution is -2.31. The van der Waals surface area contributed by atoms with Crippen molar-refractivity contribution in [1.82, 2.24) is 24.8 Å². The number of aryl methyl sites for hydroxylation is 1. The Bertz CT molecular complexity index is 1440. The summed E-state index contributed by atoms with van der Waals surface area (Å²) in [5, 5.41) is 5.33. The summed E-state index contributed by atoms with van der Waals surface area (Å²) in [6, 6.07) is 12.0. The van der Waals surface area contributed by atoms with Crippen molar-refractivity contribution in [3.63, 3.8) is 0 Å². The van der Waals surface area contributed by atoms with Gasteiger partial charge in [-0.05, 0) is 50.5 Å². The highest BCUT2D eigenvalue weighted by Gasteiger charge is 2.33. The molecular formula is C25H24ClF3N6O2. The number of ether oxygens (including phenoxy) is 1. The monoisotopic (exact) mass is 532 g/mol. The van der Waals surface area contributed by atoms with Gasteiger partial charge in [0.25, 0.3) is 5.91 Å². The zero-order chi connectivity index (χ0) is 26.7. The van der Waals surface area contributed by atoms with Crippen LogP contribution in [0.5, 0.6) is 11.5 Å². The van der Waals surface area contributed by atoms with Gasteiger partial charge in [-0.1, -0.05) is 11.6 Å². The van der Waals surface area contributed by atoms with Gasteiger partial charge < -0.3 is 24.8 Å². The number of aromatic nitrogens is 3. The largest absolute Gasteiger partial charge is 0.457 e. The fourth-order valence-corrected chi connectivity index (χ4v) is 3.75. The normalized spacial score (nSPS) is 11.7. The topological polar surface area (TPSA) is 84.3 Å². The third kappa shape index (κ3) is 6.30. The molecule has 2 heterocycles. The fourth-order valence-electron chi connectivity index (χ4n) is 3.52. The van der Waals surface area contributed by atoms with E-state index >= 15 is 0 Å². The molecule has 0 unspecified atom stereocenters. The molecule has 0 saturated heterocycles. The van der Waals surface area contributed by atoms with E-state index in [1.807, 2.05) is 19.0 Å². The Balaban J connectivity index is 1.52. The molecule has 12 heteroatoms. The number of rotatable bonds is 8. The van der Waals surface area contributed by atoms with Crippen LogP contribution in [0, 0.1) is 0 Å². The van der Waals surface area contributed by atoms with E-state index in [4.69, 9.17) is 16.3 Å². The average molecular weight is 533 g/mol. The van der Waals surface area contributed by atoms with E-state index in [1.54, 1.807) is 41.9 Å². The van der Waals surface area contributed by atoms with Gasteiger partial charge in [-0.15, -0.1) is 0 Å². The quantitative estimate of drug-likeness (QED) is 0.313. The number of hydrogen-bond donors (Lipinski definition) is 2. The lowest BCUT2D eigenvalue weighted by Gasteiger charge is -2.12.